The van der Waals surface area contributed by atoms with E-state index in [1.54, 1.807) is 13.8 Å². The van der Waals surface area contributed by atoms with Gasteiger partial charge in [0.25, 0.3) is 0 Å². The average Bonchev–Trinajstić information content (AvgIpc) is 3.06. The summed E-state index contributed by atoms with van der Waals surface area (Å²) >= 11 is 11.1. The maximum absolute atomic E-state index is 13.4. The van der Waals surface area contributed by atoms with Gasteiger partial charge in [0, 0.05) is 0 Å². The minimum absolute atomic E-state index is 0.0433. The van der Waals surface area contributed by atoms with Crippen molar-refractivity contribution in [2.75, 3.05) is 0 Å². The summed E-state index contributed by atoms with van der Waals surface area (Å²) in [5.41, 5.74) is -1.86. The van der Waals surface area contributed by atoms with Crippen molar-refractivity contribution in [1.29, 1.82) is 0 Å². The first-order valence-electron chi connectivity index (χ1n) is 6.78. The van der Waals surface area contributed by atoms with Crippen molar-refractivity contribution in [3.05, 3.63) is 45.2 Å². The van der Waals surface area contributed by atoms with Gasteiger partial charge in [-0.05, 0) is 17.4 Å². The molecule has 0 aromatic heterocycles. The summed E-state index contributed by atoms with van der Waals surface area (Å²) in [4.78, 5) is 16.4. The number of nitrogens with zero attached hydrogens (tertiary/aromatic N) is 1. The first-order chi connectivity index (χ1) is 11.5. The molecule has 1 aliphatic rings. The molecule has 0 radical (unpaired) electrons. The lowest BCUT2D eigenvalue weighted by Gasteiger charge is -2.03. The van der Waals surface area contributed by atoms with E-state index in [1.165, 1.54) is 6.08 Å². The third-order valence-electron chi connectivity index (χ3n) is 4.04. The van der Waals surface area contributed by atoms with Crippen molar-refractivity contribution >= 4 is 35.4 Å². The third-order valence-corrected chi connectivity index (χ3v) is 4.29. The molecule has 10 heteroatoms. The van der Waals surface area contributed by atoms with Crippen molar-refractivity contribution in [3.8, 4) is 0 Å². The molecule has 2 rings (SSSR count). The number of hydrogen-bond donors (Lipinski definition) is 0. The van der Waals surface area contributed by atoms with E-state index in [1.807, 2.05) is 0 Å². The van der Waals surface area contributed by atoms with Crippen LogP contribution >= 0.6 is 23.2 Å². The zero-order valence-electron chi connectivity index (χ0n) is 12.7. The molecule has 0 amide bonds. The number of hydrogen-bond acceptors (Lipinski definition) is 3. The summed E-state index contributed by atoms with van der Waals surface area (Å²) in [7, 11) is 0. The minimum Gasteiger partial charge on any atom is -0.318 e. The van der Waals surface area contributed by atoms with Crippen LogP contribution in [0, 0.1) is 46.3 Å². The molecule has 0 saturated heterocycles. The van der Waals surface area contributed by atoms with E-state index in [2.05, 4.69) is 9.99 Å². The molecule has 0 bridgehead atoms. The molecule has 1 aromatic rings. The Labute approximate surface area is 149 Å². The first kappa shape index (κ1) is 19.7. The predicted molar refractivity (Wildman–Crippen MR) is 80.5 cm³/mol. The van der Waals surface area contributed by atoms with Crippen LogP contribution in [0.5, 0.6) is 0 Å². The topological polar surface area (TPSA) is 38.7 Å². The van der Waals surface area contributed by atoms with Gasteiger partial charge >= 0.3 is 5.97 Å². The van der Waals surface area contributed by atoms with Gasteiger partial charge in [-0.25, -0.2) is 26.7 Å². The molecule has 1 aliphatic carbocycles. The van der Waals surface area contributed by atoms with Gasteiger partial charge in [0.1, 0.15) is 4.49 Å². The fraction of sp³-hybridized carbons (Fsp3) is 0.333. The molecule has 0 aliphatic heterocycles. The molecular formula is C15H10Cl2F5NO2. The summed E-state index contributed by atoms with van der Waals surface area (Å²) in [6, 6.07) is 0. The highest BCUT2D eigenvalue weighted by Gasteiger charge is 2.62. The Kier molecular flexibility index (Phi) is 5.44. The fourth-order valence-corrected chi connectivity index (χ4v) is 2.77. The summed E-state index contributed by atoms with van der Waals surface area (Å²) < 4.78 is 65.8. The Morgan fingerprint density at radius 3 is 2.00 bits per heavy atom. The van der Waals surface area contributed by atoms with Crippen LogP contribution in [0.4, 0.5) is 22.0 Å². The monoisotopic (exact) mass is 401 g/mol. The molecule has 0 heterocycles. The minimum atomic E-state index is -2.29. The van der Waals surface area contributed by atoms with Crippen LogP contribution in [0.3, 0.4) is 0 Å². The largest absolute Gasteiger partial charge is 0.339 e. The van der Waals surface area contributed by atoms with Gasteiger partial charge in [-0.1, -0.05) is 42.2 Å². The lowest BCUT2D eigenvalue weighted by Crippen LogP contribution is -2.09. The van der Waals surface area contributed by atoms with Gasteiger partial charge in [-0.2, -0.15) is 0 Å². The molecule has 1 fully saturated rings. The third kappa shape index (κ3) is 3.64. The molecule has 1 saturated carbocycles. The van der Waals surface area contributed by atoms with Gasteiger partial charge in [-0.15, -0.1) is 0 Å². The Morgan fingerprint density at radius 1 is 1.04 bits per heavy atom. The van der Waals surface area contributed by atoms with Gasteiger partial charge < -0.3 is 4.84 Å². The van der Waals surface area contributed by atoms with Gasteiger partial charge in [0.05, 0.1) is 17.7 Å². The normalized spacial score (nSPS) is 21.3. The number of benzene rings is 1. The Morgan fingerprint density at radius 2 is 1.52 bits per heavy atom. The second kappa shape index (κ2) is 6.92. The fourth-order valence-electron chi connectivity index (χ4n) is 2.50. The van der Waals surface area contributed by atoms with Gasteiger partial charge in [0.15, 0.2) is 23.3 Å². The quantitative estimate of drug-likeness (QED) is 0.180. The van der Waals surface area contributed by atoms with E-state index in [0.717, 1.165) is 0 Å². The average molecular weight is 402 g/mol. The molecule has 25 heavy (non-hydrogen) atoms. The highest BCUT2D eigenvalue weighted by molar-refractivity contribution is 6.55. The number of oxime groups is 1. The summed E-state index contributed by atoms with van der Waals surface area (Å²) in [5, 5.41) is 3.02. The lowest BCUT2D eigenvalue weighted by molar-refractivity contribution is -0.146. The summed E-state index contributed by atoms with van der Waals surface area (Å²) in [5.74, 6) is -12.6. The maximum Gasteiger partial charge on any atom is 0.339 e. The molecule has 2 atom stereocenters. The molecule has 136 valence electrons. The van der Waals surface area contributed by atoms with E-state index >= 15 is 0 Å². The number of halogens is 7. The Bertz CT molecular complexity index is 762. The predicted octanol–water partition coefficient (Wildman–Crippen LogP) is 4.85. The van der Waals surface area contributed by atoms with Gasteiger partial charge in [0.2, 0.25) is 5.82 Å². The standard InChI is InChI=1S/C15H10Cl2F5NO2/c1-15(2)6(3-7(16)17)8(15)14(24)25-23-4-5-9(18)11(20)13(22)12(21)10(5)19/h3-4,6,8H,1-2H3/b23-4+. The molecule has 0 spiro atoms. The van der Waals surface area contributed by atoms with Gasteiger partial charge in [-0.3, -0.25) is 0 Å². The van der Waals surface area contributed by atoms with E-state index < -0.39 is 52.0 Å². The number of carbonyl (C=O) groups is 1. The SMILES string of the molecule is CC1(C)C(C=C(Cl)Cl)C1C(=O)O/N=C/c1c(F)c(F)c(F)c(F)c1F. The number of allylic oxidation sites excluding steroid dienone is 1. The van der Waals surface area contributed by atoms with Crippen molar-refractivity contribution in [2.24, 2.45) is 22.4 Å². The molecule has 2 unspecified atom stereocenters. The number of rotatable bonds is 4. The summed E-state index contributed by atoms with van der Waals surface area (Å²) in [6.07, 6.45) is 1.67. The first-order valence-corrected chi connectivity index (χ1v) is 7.54. The molecular weight excluding hydrogens is 392 g/mol. The van der Waals surface area contributed by atoms with Crippen molar-refractivity contribution < 1.29 is 31.6 Å². The van der Waals surface area contributed by atoms with E-state index in [0.29, 0.717) is 0 Å². The molecule has 1 aromatic carbocycles. The molecule has 3 nitrogen and oxygen atoms in total. The van der Waals surface area contributed by atoms with Crippen LogP contribution in [0.1, 0.15) is 19.4 Å². The van der Waals surface area contributed by atoms with Crippen LogP contribution in [0.15, 0.2) is 15.7 Å². The van der Waals surface area contributed by atoms with Crippen molar-refractivity contribution in [2.45, 2.75) is 13.8 Å². The second-order valence-electron chi connectivity index (χ2n) is 5.91. The Balaban J connectivity index is 2.15. The zero-order chi connectivity index (χ0) is 19.1. The van der Waals surface area contributed by atoms with E-state index in [-0.39, 0.29) is 16.6 Å². The summed E-state index contributed by atoms with van der Waals surface area (Å²) in [6.45, 7) is 3.45. The van der Waals surface area contributed by atoms with Crippen LogP contribution < -0.4 is 0 Å². The highest BCUT2D eigenvalue weighted by Crippen LogP contribution is 2.60. The Hall–Kier alpha value is -1.67. The van der Waals surface area contributed by atoms with Crippen LogP contribution in [-0.2, 0) is 9.63 Å². The number of carbonyl (C=O) groups excluding carboxylic acids is 1. The smallest absolute Gasteiger partial charge is 0.318 e. The van der Waals surface area contributed by atoms with Crippen LogP contribution in [-0.4, -0.2) is 12.2 Å². The lowest BCUT2D eigenvalue weighted by atomic mass is 10.1. The van der Waals surface area contributed by atoms with Crippen LogP contribution in [0.25, 0.3) is 0 Å². The zero-order valence-corrected chi connectivity index (χ0v) is 14.2. The second-order valence-corrected chi connectivity index (χ2v) is 6.92. The van der Waals surface area contributed by atoms with Crippen LogP contribution in [0.2, 0.25) is 0 Å². The maximum atomic E-state index is 13.4. The van der Waals surface area contributed by atoms with E-state index in [9.17, 15) is 26.7 Å². The molecule has 0 N–H and O–H groups in total. The van der Waals surface area contributed by atoms with Crippen molar-refractivity contribution in [1.82, 2.24) is 0 Å². The van der Waals surface area contributed by atoms with Crippen molar-refractivity contribution in [3.63, 3.8) is 0 Å². The van der Waals surface area contributed by atoms with E-state index in [4.69, 9.17) is 23.2 Å². The highest BCUT2D eigenvalue weighted by atomic mass is 35.5.